The van der Waals surface area contributed by atoms with E-state index in [1.807, 2.05) is 6.92 Å². The van der Waals surface area contributed by atoms with Crippen molar-refractivity contribution in [2.24, 2.45) is 17.8 Å². The summed E-state index contributed by atoms with van der Waals surface area (Å²) in [6.45, 7) is 8.40. The minimum Gasteiger partial charge on any atom is -0.466 e. The lowest BCUT2D eigenvalue weighted by atomic mass is 9.80. The van der Waals surface area contributed by atoms with Gasteiger partial charge in [0.2, 0.25) is 0 Å². The Morgan fingerprint density at radius 1 is 1.38 bits per heavy atom. The van der Waals surface area contributed by atoms with Gasteiger partial charge >= 0.3 is 5.97 Å². The summed E-state index contributed by atoms with van der Waals surface area (Å²) in [6.07, 6.45) is 0. The van der Waals surface area contributed by atoms with Gasteiger partial charge in [-0.2, -0.15) is 0 Å². The molecule has 3 heteroatoms. The van der Waals surface area contributed by atoms with E-state index in [2.05, 4.69) is 19.2 Å². The number of nitrogens with one attached hydrogen (secondary N) is 1. The molecule has 0 saturated carbocycles. The Kier molecular flexibility index (Phi) is 3.72. The zero-order chi connectivity index (χ0) is 9.84. The molecule has 13 heavy (non-hydrogen) atoms. The third-order valence-corrected chi connectivity index (χ3v) is 2.72. The highest BCUT2D eigenvalue weighted by molar-refractivity contribution is 5.73. The van der Waals surface area contributed by atoms with E-state index in [0.717, 1.165) is 13.1 Å². The van der Waals surface area contributed by atoms with Crippen molar-refractivity contribution in [3.63, 3.8) is 0 Å². The average Bonchev–Trinajstić information content (AvgIpc) is 2.04. The fourth-order valence-electron chi connectivity index (χ4n) is 2.06. The van der Waals surface area contributed by atoms with Gasteiger partial charge in [-0.15, -0.1) is 0 Å². The molecule has 0 aromatic rings. The van der Waals surface area contributed by atoms with Crippen LogP contribution in [0, 0.1) is 17.8 Å². The summed E-state index contributed by atoms with van der Waals surface area (Å²) >= 11 is 0. The largest absolute Gasteiger partial charge is 0.466 e. The lowest BCUT2D eigenvalue weighted by Gasteiger charge is -2.33. The van der Waals surface area contributed by atoms with E-state index in [-0.39, 0.29) is 11.9 Å². The Bertz CT molecular complexity index is 172. The summed E-state index contributed by atoms with van der Waals surface area (Å²) in [5.41, 5.74) is 0. The van der Waals surface area contributed by atoms with Crippen LogP contribution in [-0.4, -0.2) is 25.7 Å². The molecule has 2 unspecified atom stereocenters. The van der Waals surface area contributed by atoms with E-state index in [0.29, 0.717) is 18.4 Å². The number of ether oxygens (including phenoxy) is 1. The van der Waals surface area contributed by atoms with Gasteiger partial charge in [0.15, 0.2) is 0 Å². The molecule has 1 saturated heterocycles. The molecule has 0 bridgehead atoms. The maximum absolute atomic E-state index is 11.6. The number of carbonyl (C=O) groups is 1. The number of rotatable bonds is 2. The molecule has 0 aromatic carbocycles. The molecule has 0 radical (unpaired) electrons. The van der Waals surface area contributed by atoms with Gasteiger partial charge < -0.3 is 10.1 Å². The molecule has 1 fully saturated rings. The number of esters is 1. The van der Waals surface area contributed by atoms with Gasteiger partial charge in [0.1, 0.15) is 0 Å². The van der Waals surface area contributed by atoms with Gasteiger partial charge in [0.05, 0.1) is 12.5 Å². The van der Waals surface area contributed by atoms with Crippen LogP contribution in [0.1, 0.15) is 20.8 Å². The SMILES string of the molecule is CCOC(=O)C1C(C)CNCC1C. The Balaban J connectivity index is 2.57. The number of carbonyl (C=O) groups excluding carboxylic acids is 1. The van der Waals surface area contributed by atoms with Crippen molar-refractivity contribution in [3.8, 4) is 0 Å². The minimum absolute atomic E-state index is 0.0241. The van der Waals surface area contributed by atoms with Gasteiger partial charge in [-0.3, -0.25) is 4.79 Å². The molecular formula is C10H19NO2. The number of piperidine rings is 1. The first-order chi connectivity index (χ1) is 6.16. The monoisotopic (exact) mass is 185 g/mol. The van der Waals surface area contributed by atoms with Crippen LogP contribution in [0.3, 0.4) is 0 Å². The van der Waals surface area contributed by atoms with Gasteiger partial charge in [-0.25, -0.2) is 0 Å². The van der Waals surface area contributed by atoms with Crippen molar-refractivity contribution < 1.29 is 9.53 Å². The van der Waals surface area contributed by atoms with Crippen molar-refractivity contribution in [1.82, 2.24) is 5.32 Å². The van der Waals surface area contributed by atoms with E-state index in [1.165, 1.54) is 0 Å². The second kappa shape index (κ2) is 4.61. The summed E-state index contributed by atoms with van der Waals surface area (Å²) in [4.78, 5) is 11.6. The molecule has 1 N–H and O–H groups in total. The van der Waals surface area contributed by atoms with Gasteiger partial charge in [-0.05, 0) is 31.8 Å². The number of hydrogen-bond acceptors (Lipinski definition) is 3. The predicted molar refractivity (Wildman–Crippen MR) is 51.3 cm³/mol. The first-order valence-corrected chi connectivity index (χ1v) is 5.04. The molecule has 0 spiro atoms. The zero-order valence-electron chi connectivity index (χ0n) is 8.67. The van der Waals surface area contributed by atoms with Gasteiger partial charge in [0, 0.05) is 0 Å². The van der Waals surface area contributed by atoms with E-state index in [1.54, 1.807) is 0 Å². The van der Waals surface area contributed by atoms with E-state index >= 15 is 0 Å². The highest BCUT2D eigenvalue weighted by Gasteiger charge is 2.34. The van der Waals surface area contributed by atoms with Gasteiger partial charge in [0.25, 0.3) is 0 Å². The second-order valence-electron chi connectivity index (χ2n) is 3.89. The van der Waals surface area contributed by atoms with Crippen molar-refractivity contribution in [2.45, 2.75) is 20.8 Å². The summed E-state index contributed by atoms with van der Waals surface area (Å²) in [5.74, 6) is 0.843. The maximum Gasteiger partial charge on any atom is 0.309 e. The number of hydrogen-bond donors (Lipinski definition) is 1. The fourth-order valence-corrected chi connectivity index (χ4v) is 2.06. The second-order valence-corrected chi connectivity index (χ2v) is 3.89. The first kappa shape index (κ1) is 10.5. The Morgan fingerprint density at radius 2 is 1.92 bits per heavy atom. The van der Waals surface area contributed by atoms with Crippen molar-refractivity contribution >= 4 is 5.97 Å². The summed E-state index contributed by atoms with van der Waals surface area (Å²) in [6, 6.07) is 0. The molecular weight excluding hydrogens is 166 g/mol. The summed E-state index contributed by atoms with van der Waals surface area (Å²) in [7, 11) is 0. The minimum atomic E-state index is -0.0241. The molecule has 2 atom stereocenters. The van der Waals surface area contributed by atoms with E-state index < -0.39 is 0 Å². The molecule has 0 aliphatic carbocycles. The quantitative estimate of drug-likeness (QED) is 0.653. The summed E-state index contributed by atoms with van der Waals surface area (Å²) < 4.78 is 5.06. The van der Waals surface area contributed by atoms with Crippen LogP contribution in [0.5, 0.6) is 0 Å². The molecule has 76 valence electrons. The molecule has 1 aliphatic rings. The highest BCUT2D eigenvalue weighted by atomic mass is 16.5. The average molecular weight is 185 g/mol. The molecule has 3 nitrogen and oxygen atoms in total. The van der Waals surface area contributed by atoms with Crippen molar-refractivity contribution in [2.75, 3.05) is 19.7 Å². The molecule has 1 aliphatic heterocycles. The van der Waals surface area contributed by atoms with Crippen LogP contribution >= 0.6 is 0 Å². The van der Waals surface area contributed by atoms with Crippen LogP contribution < -0.4 is 5.32 Å². The molecule has 1 rings (SSSR count). The fraction of sp³-hybridized carbons (Fsp3) is 0.900. The standard InChI is InChI=1S/C10H19NO2/c1-4-13-10(12)9-7(2)5-11-6-8(9)3/h7-9,11H,4-6H2,1-3H3. The molecule has 0 amide bonds. The smallest absolute Gasteiger partial charge is 0.309 e. The highest BCUT2D eigenvalue weighted by Crippen LogP contribution is 2.25. The zero-order valence-corrected chi connectivity index (χ0v) is 8.67. The third-order valence-electron chi connectivity index (χ3n) is 2.72. The van der Waals surface area contributed by atoms with Crippen LogP contribution in [0.15, 0.2) is 0 Å². The Morgan fingerprint density at radius 3 is 2.38 bits per heavy atom. The van der Waals surface area contributed by atoms with Crippen LogP contribution in [0.2, 0.25) is 0 Å². The lowest BCUT2D eigenvalue weighted by Crippen LogP contribution is -2.45. The molecule has 1 heterocycles. The van der Waals surface area contributed by atoms with Crippen molar-refractivity contribution in [3.05, 3.63) is 0 Å². The topological polar surface area (TPSA) is 38.3 Å². The van der Waals surface area contributed by atoms with Crippen LogP contribution in [0.4, 0.5) is 0 Å². The maximum atomic E-state index is 11.6. The Hall–Kier alpha value is -0.570. The van der Waals surface area contributed by atoms with E-state index in [9.17, 15) is 4.79 Å². The van der Waals surface area contributed by atoms with Gasteiger partial charge in [-0.1, -0.05) is 13.8 Å². The van der Waals surface area contributed by atoms with Crippen LogP contribution in [-0.2, 0) is 9.53 Å². The Labute approximate surface area is 79.8 Å². The lowest BCUT2D eigenvalue weighted by molar-refractivity contribution is -0.152. The van der Waals surface area contributed by atoms with Crippen LogP contribution in [0.25, 0.3) is 0 Å². The summed E-state index contributed by atoms with van der Waals surface area (Å²) in [5, 5.41) is 3.30. The van der Waals surface area contributed by atoms with Crippen molar-refractivity contribution in [1.29, 1.82) is 0 Å². The third kappa shape index (κ3) is 2.44. The normalized spacial score (nSPS) is 34.2. The molecule has 0 aromatic heterocycles. The van der Waals surface area contributed by atoms with E-state index in [4.69, 9.17) is 4.74 Å². The first-order valence-electron chi connectivity index (χ1n) is 5.04. The predicted octanol–water partition coefficient (Wildman–Crippen LogP) is 1.04.